The summed E-state index contributed by atoms with van der Waals surface area (Å²) >= 11 is 1.54. The van der Waals surface area contributed by atoms with Gasteiger partial charge in [-0.2, -0.15) is 17.0 Å². The zero-order valence-corrected chi connectivity index (χ0v) is 10.3. The quantitative estimate of drug-likeness (QED) is 0.781. The van der Waals surface area contributed by atoms with Crippen molar-refractivity contribution < 1.29 is 8.42 Å². The van der Waals surface area contributed by atoms with Gasteiger partial charge in [-0.15, -0.1) is 0 Å². The Morgan fingerprint density at radius 1 is 1.62 bits per heavy atom. The van der Waals surface area contributed by atoms with Crippen molar-refractivity contribution in [3.63, 3.8) is 0 Å². The predicted molar refractivity (Wildman–Crippen MR) is 62.5 cm³/mol. The van der Waals surface area contributed by atoms with E-state index >= 15 is 0 Å². The van der Waals surface area contributed by atoms with E-state index in [-0.39, 0.29) is 10.6 Å². The van der Waals surface area contributed by atoms with Crippen molar-refractivity contribution in [3.05, 3.63) is 24.0 Å². The number of nitrogens with zero attached hydrogens (tertiary/aromatic N) is 2. The van der Waals surface area contributed by atoms with Crippen LogP contribution >= 0.6 is 11.8 Å². The number of rotatable bonds is 5. The number of pyridine rings is 1. The minimum Gasteiger partial charge on any atom is -0.244 e. The van der Waals surface area contributed by atoms with Crippen LogP contribution in [0.1, 0.15) is 5.69 Å². The van der Waals surface area contributed by atoms with Gasteiger partial charge in [0.05, 0.1) is 0 Å². The van der Waals surface area contributed by atoms with Crippen molar-refractivity contribution in [2.24, 2.45) is 0 Å². The van der Waals surface area contributed by atoms with Gasteiger partial charge in [-0.05, 0) is 18.4 Å². The molecule has 1 heterocycles. The van der Waals surface area contributed by atoms with Gasteiger partial charge in [0.1, 0.15) is 11.0 Å². The van der Waals surface area contributed by atoms with Crippen molar-refractivity contribution in [3.8, 4) is 6.07 Å². The minimum absolute atomic E-state index is 0.0707. The number of nitrogens with one attached hydrogen (secondary N) is 1. The highest BCUT2D eigenvalue weighted by Crippen LogP contribution is 2.11. The SMILES string of the molecule is CSCCNS(=O)(=O)c1cccnc1C#N. The lowest BCUT2D eigenvalue weighted by Crippen LogP contribution is -2.26. The molecule has 0 spiro atoms. The third kappa shape index (κ3) is 3.20. The Hall–Kier alpha value is -1.10. The first kappa shape index (κ1) is 13.0. The fraction of sp³-hybridized carbons (Fsp3) is 0.333. The predicted octanol–water partition coefficient (Wildman–Crippen LogP) is 0.595. The number of sulfonamides is 1. The maximum atomic E-state index is 11.8. The Morgan fingerprint density at radius 2 is 2.38 bits per heavy atom. The number of hydrogen-bond donors (Lipinski definition) is 1. The van der Waals surface area contributed by atoms with Crippen LogP contribution < -0.4 is 4.72 Å². The van der Waals surface area contributed by atoms with Gasteiger partial charge in [0, 0.05) is 18.5 Å². The third-order valence-electron chi connectivity index (χ3n) is 1.76. The van der Waals surface area contributed by atoms with E-state index in [2.05, 4.69) is 9.71 Å². The van der Waals surface area contributed by atoms with Gasteiger partial charge in [-0.1, -0.05) is 0 Å². The van der Waals surface area contributed by atoms with Crippen molar-refractivity contribution in [1.29, 1.82) is 5.26 Å². The van der Waals surface area contributed by atoms with E-state index in [4.69, 9.17) is 5.26 Å². The van der Waals surface area contributed by atoms with E-state index < -0.39 is 10.0 Å². The summed E-state index contributed by atoms with van der Waals surface area (Å²) < 4.78 is 26.0. The Morgan fingerprint density at radius 3 is 3.00 bits per heavy atom. The average Bonchev–Trinajstić information content (AvgIpc) is 2.29. The van der Waals surface area contributed by atoms with Gasteiger partial charge in [-0.25, -0.2) is 18.1 Å². The molecule has 1 aromatic rings. The van der Waals surface area contributed by atoms with Gasteiger partial charge in [0.2, 0.25) is 10.0 Å². The molecular weight excluding hydrogens is 246 g/mol. The summed E-state index contributed by atoms with van der Waals surface area (Å²) in [4.78, 5) is 3.64. The highest BCUT2D eigenvalue weighted by molar-refractivity contribution is 7.98. The molecule has 0 amide bonds. The van der Waals surface area contributed by atoms with Crippen molar-refractivity contribution >= 4 is 21.8 Å². The van der Waals surface area contributed by atoms with Crippen LogP contribution in [-0.2, 0) is 10.0 Å². The van der Waals surface area contributed by atoms with Gasteiger partial charge < -0.3 is 0 Å². The Labute approximate surface area is 98.9 Å². The van der Waals surface area contributed by atoms with E-state index in [9.17, 15) is 8.42 Å². The molecule has 86 valence electrons. The van der Waals surface area contributed by atoms with E-state index in [0.717, 1.165) is 0 Å². The molecule has 1 N–H and O–H groups in total. The standard InChI is InChI=1S/C9H11N3O2S2/c1-15-6-5-12-16(13,14)9-3-2-4-11-8(9)7-10/h2-4,12H,5-6H2,1H3. The second kappa shape index (κ2) is 5.84. The third-order valence-corrected chi connectivity index (χ3v) is 3.87. The van der Waals surface area contributed by atoms with Crippen molar-refractivity contribution in [2.75, 3.05) is 18.6 Å². The molecule has 0 aliphatic rings. The Kier molecular flexibility index (Phi) is 4.73. The molecule has 0 aliphatic heterocycles. The molecule has 1 rings (SSSR count). The molecule has 0 aromatic carbocycles. The van der Waals surface area contributed by atoms with Crippen LogP contribution in [-0.4, -0.2) is 32.0 Å². The maximum Gasteiger partial charge on any atom is 0.243 e. The molecule has 0 fully saturated rings. The molecule has 0 radical (unpaired) electrons. The van der Waals surface area contributed by atoms with E-state index in [1.807, 2.05) is 6.26 Å². The molecule has 7 heteroatoms. The van der Waals surface area contributed by atoms with Crippen LogP contribution in [0.3, 0.4) is 0 Å². The first-order chi connectivity index (χ1) is 7.61. The molecule has 0 saturated heterocycles. The van der Waals surface area contributed by atoms with Crippen LogP contribution in [0.2, 0.25) is 0 Å². The second-order valence-electron chi connectivity index (χ2n) is 2.85. The lowest BCUT2D eigenvalue weighted by molar-refractivity contribution is 0.583. The summed E-state index contributed by atoms with van der Waals surface area (Å²) in [7, 11) is -3.62. The maximum absolute atomic E-state index is 11.8. The van der Waals surface area contributed by atoms with Crippen LogP contribution in [0, 0.1) is 11.3 Å². The second-order valence-corrected chi connectivity index (χ2v) is 5.57. The molecule has 5 nitrogen and oxygen atoms in total. The number of nitriles is 1. The van der Waals surface area contributed by atoms with Gasteiger partial charge in [0.15, 0.2) is 5.69 Å². The highest BCUT2D eigenvalue weighted by Gasteiger charge is 2.18. The molecule has 0 saturated carbocycles. The normalized spacial score (nSPS) is 11.0. The smallest absolute Gasteiger partial charge is 0.243 e. The minimum atomic E-state index is -3.62. The zero-order valence-electron chi connectivity index (χ0n) is 8.67. The highest BCUT2D eigenvalue weighted by atomic mass is 32.2. The summed E-state index contributed by atoms with van der Waals surface area (Å²) in [5, 5.41) is 8.74. The number of thioether (sulfide) groups is 1. The van der Waals surface area contributed by atoms with Crippen LogP contribution in [0.4, 0.5) is 0 Å². The molecule has 1 aromatic heterocycles. The van der Waals surface area contributed by atoms with Gasteiger partial charge in [0.25, 0.3) is 0 Å². The summed E-state index contributed by atoms with van der Waals surface area (Å²) in [5.41, 5.74) is -0.0841. The summed E-state index contributed by atoms with van der Waals surface area (Å²) in [6, 6.07) is 4.61. The summed E-state index contributed by atoms with van der Waals surface area (Å²) in [6.45, 7) is 0.337. The molecule has 16 heavy (non-hydrogen) atoms. The molecule has 0 atom stereocenters. The molecule has 0 bridgehead atoms. The lowest BCUT2D eigenvalue weighted by atomic mass is 10.4. The van der Waals surface area contributed by atoms with Crippen LogP contribution in [0.15, 0.2) is 23.2 Å². The Bertz CT molecular complexity index is 494. The van der Waals surface area contributed by atoms with Gasteiger partial charge in [-0.3, -0.25) is 0 Å². The summed E-state index contributed by atoms with van der Waals surface area (Å²) in [6.07, 6.45) is 3.28. The van der Waals surface area contributed by atoms with E-state index in [1.54, 1.807) is 6.07 Å². The average molecular weight is 257 g/mol. The van der Waals surface area contributed by atoms with E-state index in [0.29, 0.717) is 12.3 Å². The monoisotopic (exact) mass is 257 g/mol. The fourth-order valence-electron chi connectivity index (χ4n) is 1.05. The fourth-order valence-corrected chi connectivity index (χ4v) is 2.62. The van der Waals surface area contributed by atoms with Crippen molar-refractivity contribution in [2.45, 2.75) is 4.90 Å². The topological polar surface area (TPSA) is 82.8 Å². The molecule has 0 unspecified atom stereocenters. The first-order valence-corrected chi connectivity index (χ1v) is 7.33. The number of aromatic nitrogens is 1. The van der Waals surface area contributed by atoms with Crippen LogP contribution in [0.25, 0.3) is 0 Å². The Balaban J connectivity index is 2.95. The van der Waals surface area contributed by atoms with Gasteiger partial charge >= 0.3 is 0 Å². The zero-order chi connectivity index (χ0) is 12.0. The molecule has 0 aliphatic carbocycles. The van der Waals surface area contributed by atoms with Crippen molar-refractivity contribution in [1.82, 2.24) is 9.71 Å². The summed E-state index contributed by atoms with van der Waals surface area (Å²) in [5.74, 6) is 0.682. The molecular formula is C9H11N3O2S2. The number of hydrogen-bond acceptors (Lipinski definition) is 5. The largest absolute Gasteiger partial charge is 0.244 e. The first-order valence-electron chi connectivity index (χ1n) is 4.45. The lowest BCUT2D eigenvalue weighted by Gasteiger charge is -2.06. The van der Waals surface area contributed by atoms with Crippen LogP contribution in [0.5, 0.6) is 0 Å². The van der Waals surface area contributed by atoms with E-state index in [1.165, 1.54) is 30.1 Å².